The highest BCUT2D eigenvalue weighted by atomic mass is 35.5. The van der Waals surface area contributed by atoms with Gasteiger partial charge in [-0.15, -0.1) is 0 Å². The van der Waals surface area contributed by atoms with E-state index < -0.39 is 0 Å². The second kappa shape index (κ2) is 6.64. The van der Waals surface area contributed by atoms with Gasteiger partial charge >= 0.3 is 0 Å². The minimum absolute atomic E-state index is 0.473. The molecule has 0 N–H and O–H groups in total. The van der Waals surface area contributed by atoms with Crippen molar-refractivity contribution in [1.82, 2.24) is 9.55 Å². The SMILES string of the molecule is COCCOCn1cnc2cc(Cl)c(N3CCCC3)cc21. The van der Waals surface area contributed by atoms with Crippen molar-refractivity contribution < 1.29 is 9.47 Å². The van der Waals surface area contributed by atoms with Crippen LogP contribution in [-0.2, 0) is 16.2 Å². The highest BCUT2D eigenvalue weighted by molar-refractivity contribution is 6.34. The molecule has 21 heavy (non-hydrogen) atoms. The Balaban J connectivity index is 1.83. The molecule has 0 atom stereocenters. The van der Waals surface area contributed by atoms with Crippen molar-refractivity contribution in [3.63, 3.8) is 0 Å². The summed E-state index contributed by atoms with van der Waals surface area (Å²) in [5, 5.41) is 0.773. The van der Waals surface area contributed by atoms with Gasteiger partial charge in [0.15, 0.2) is 0 Å². The van der Waals surface area contributed by atoms with Crippen molar-refractivity contribution in [2.75, 3.05) is 38.3 Å². The van der Waals surface area contributed by atoms with Gasteiger partial charge in [0.1, 0.15) is 6.73 Å². The Labute approximate surface area is 129 Å². The number of halogens is 1. The lowest BCUT2D eigenvalue weighted by molar-refractivity contribution is 0.0358. The standard InChI is InChI=1S/C15H20ClN3O2/c1-20-6-7-21-11-19-10-17-13-8-12(16)14(9-15(13)19)18-4-2-3-5-18/h8-10H,2-7,11H2,1H3. The summed E-state index contributed by atoms with van der Waals surface area (Å²) in [7, 11) is 1.67. The summed E-state index contributed by atoms with van der Waals surface area (Å²) in [5.74, 6) is 0. The van der Waals surface area contributed by atoms with E-state index in [2.05, 4.69) is 16.0 Å². The van der Waals surface area contributed by atoms with E-state index in [0.717, 1.165) is 34.8 Å². The van der Waals surface area contributed by atoms with Crippen LogP contribution < -0.4 is 4.90 Å². The number of methoxy groups -OCH3 is 1. The molecule has 1 aromatic heterocycles. The Morgan fingerprint density at radius 1 is 1.24 bits per heavy atom. The molecule has 114 valence electrons. The van der Waals surface area contributed by atoms with Crippen molar-refractivity contribution in [2.24, 2.45) is 0 Å². The predicted octanol–water partition coefficient (Wildman–Crippen LogP) is 2.91. The third-order valence-electron chi connectivity index (χ3n) is 3.80. The number of hydrogen-bond donors (Lipinski definition) is 0. The maximum Gasteiger partial charge on any atom is 0.124 e. The molecular formula is C15H20ClN3O2. The fourth-order valence-electron chi connectivity index (χ4n) is 2.68. The molecule has 2 aromatic rings. The molecular weight excluding hydrogens is 290 g/mol. The number of anilines is 1. The van der Waals surface area contributed by atoms with Gasteiger partial charge in [-0.25, -0.2) is 4.98 Å². The van der Waals surface area contributed by atoms with Gasteiger partial charge in [0, 0.05) is 20.2 Å². The zero-order chi connectivity index (χ0) is 14.7. The lowest BCUT2D eigenvalue weighted by Crippen LogP contribution is -2.18. The smallest absolute Gasteiger partial charge is 0.124 e. The van der Waals surface area contributed by atoms with Gasteiger partial charge in [0.05, 0.1) is 41.3 Å². The number of fused-ring (bicyclic) bond motifs is 1. The van der Waals surface area contributed by atoms with Crippen LogP contribution in [0.25, 0.3) is 11.0 Å². The van der Waals surface area contributed by atoms with Crippen molar-refractivity contribution in [3.8, 4) is 0 Å². The molecule has 0 radical (unpaired) electrons. The van der Waals surface area contributed by atoms with Crippen molar-refractivity contribution in [3.05, 3.63) is 23.5 Å². The molecule has 0 saturated carbocycles. The quantitative estimate of drug-likeness (QED) is 0.769. The fourth-order valence-corrected chi connectivity index (χ4v) is 2.95. The van der Waals surface area contributed by atoms with Crippen LogP contribution in [-0.4, -0.2) is 43.0 Å². The van der Waals surface area contributed by atoms with Gasteiger partial charge in [0.2, 0.25) is 0 Å². The first-order chi connectivity index (χ1) is 10.3. The van der Waals surface area contributed by atoms with Gasteiger partial charge in [-0.2, -0.15) is 0 Å². The molecule has 1 saturated heterocycles. The number of imidazole rings is 1. The topological polar surface area (TPSA) is 39.5 Å². The largest absolute Gasteiger partial charge is 0.382 e. The second-order valence-corrected chi connectivity index (χ2v) is 5.64. The van der Waals surface area contributed by atoms with Crippen LogP contribution >= 0.6 is 11.6 Å². The van der Waals surface area contributed by atoms with E-state index in [-0.39, 0.29) is 0 Å². The molecule has 5 nitrogen and oxygen atoms in total. The summed E-state index contributed by atoms with van der Waals surface area (Å²) in [6.45, 7) is 3.79. The van der Waals surface area contributed by atoms with Crippen molar-refractivity contribution in [2.45, 2.75) is 19.6 Å². The number of nitrogens with zero attached hydrogens (tertiary/aromatic N) is 3. The molecule has 1 aliphatic rings. The number of benzene rings is 1. The van der Waals surface area contributed by atoms with Gasteiger partial charge in [-0.1, -0.05) is 11.6 Å². The molecule has 0 unspecified atom stereocenters. The van der Waals surface area contributed by atoms with Crippen LogP contribution in [0.1, 0.15) is 12.8 Å². The lowest BCUT2D eigenvalue weighted by Gasteiger charge is -2.19. The molecule has 1 aromatic carbocycles. The Morgan fingerprint density at radius 3 is 2.81 bits per heavy atom. The van der Waals surface area contributed by atoms with E-state index in [1.165, 1.54) is 12.8 Å². The van der Waals surface area contributed by atoms with Crippen LogP contribution in [0.3, 0.4) is 0 Å². The van der Waals surface area contributed by atoms with Crippen LogP contribution in [0.4, 0.5) is 5.69 Å². The summed E-state index contributed by atoms with van der Waals surface area (Å²) < 4.78 is 12.6. The zero-order valence-corrected chi connectivity index (χ0v) is 13.0. The fraction of sp³-hybridized carbons (Fsp3) is 0.533. The lowest BCUT2D eigenvalue weighted by atomic mass is 10.2. The van der Waals surface area contributed by atoms with Crippen LogP contribution in [0.15, 0.2) is 18.5 Å². The minimum atomic E-state index is 0.473. The third-order valence-corrected chi connectivity index (χ3v) is 4.10. The first kappa shape index (κ1) is 14.6. The highest BCUT2D eigenvalue weighted by Crippen LogP contribution is 2.32. The van der Waals surface area contributed by atoms with Crippen molar-refractivity contribution >= 4 is 28.3 Å². The van der Waals surface area contributed by atoms with Crippen LogP contribution in [0, 0.1) is 0 Å². The molecule has 0 spiro atoms. The Hall–Kier alpha value is -1.30. The number of ether oxygens (including phenoxy) is 2. The number of rotatable bonds is 6. The minimum Gasteiger partial charge on any atom is -0.382 e. The summed E-state index contributed by atoms with van der Waals surface area (Å²) >= 11 is 6.40. The monoisotopic (exact) mass is 309 g/mol. The van der Waals surface area contributed by atoms with E-state index in [1.807, 2.05) is 10.6 Å². The molecule has 1 fully saturated rings. The van der Waals surface area contributed by atoms with Crippen molar-refractivity contribution in [1.29, 1.82) is 0 Å². The van der Waals surface area contributed by atoms with E-state index in [0.29, 0.717) is 19.9 Å². The average molecular weight is 310 g/mol. The molecule has 0 bridgehead atoms. The summed E-state index contributed by atoms with van der Waals surface area (Å²) in [5.41, 5.74) is 3.05. The average Bonchev–Trinajstić information content (AvgIpc) is 3.12. The van der Waals surface area contributed by atoms with Gasteiger partial charge in [-0.3, -0.25) is 0 Å². The molecule has 1 aliphatic heterocycles. The summed E-state index contributed by atoms with van der Waals surface area (Å²) in [4.78, 5) is 6.73. The highest BCUT2D eigenvalue weighted by Gasteiger charge is 2.17. The molecule has 2 heterocycles. The molecule has 0 amide bonds. The molecule has 3 rings (SSSR count). The van der Waals surface area contributed by atoms with E-state index in [9.17, 15) is 0 Å². The molecule has 6 heteroatoms. The van der Waals surface area contributed by atoms with E-state index in [1.54, 1.807) is 13.4 Å². The Morgan fingerprint density at radius 2 is 2.05 bits per heavy atom. The zero-order valence-electron chi connectivity index (χ0n) is 12.2. The maximum absolute atomic E-state index is 6.40. The van der Waals surface area contributed by atoms with Crippen LogP contribution in [0.2, 0.25) is 5.02 Å². The summed E-state index contributed by atoms with van der Waals surface area (Å²) in [6.07, 6.45) is 4.25. The third kappa shape index (κ3) is 3.15. The number of aromatic nitrogens is 2. The normalized spacial score (nSPS) is 15.2. The van der Waals surface area contributed by atoms with Gasteiger partial charge in [0.25, 0.3) is 0 Å². The van der Waals surface area contributed by atoms with Crippen LogP contribution in [0.5, 0.6) is 0 Å². The molecule has 0 aliphatic carbocycles. The first-order valence-electron chi connectivity index (χ1n) is 7.25. The Bertz CT molecular complexity index is 608. The van der Waals surface area contributed by atoms with Gasteiger partial charge < -0.3 is 18.9 Å². The Kier molecular flexibility index (Phi) is 4.63. The van der Waals surface area contributed by atoms with Gasteiger partial charge in [-0.05, 0) is 25.0 Å². The summed E-state index contributed by atoms with van der Waals surface area (Å²) in [6, 6.07) is 4.06. The van der Waals surface area contributed by atoms with E-state index >= 15 is 0 Å². The predicted molar refractivity (Wildman–Crippen MR) is 84.0 cm³/mol. The number of hydrogen-bond acceptors (Lipinski definition) is 4. The first-order valence-corrected chi connectivity index (χ1v) is 7.63. The maximum atomic E-state index is 6.40. The second-order valence-electron chi connectivity index (χ2n) is 5.23. The van der Waals surface area contributed by atoms with E-state index in [4.69, 9.17) is 21.1 Å².